The van der Waals surface area contributed by atoms with Crippen LogP contribution in [0, 0.1) is 11.3 Å². The SMILES string of the molecule is CCOC(=O)c1ccc(CN/C=C(/C#N)C(=O)NCc2ccc(OC)cc2)cc1. The summed E-state index contributed by atoms with van der Waals surface area (Å²) < 4.78 is 10.0. The van der Waals surface area contributed by atoms with Crippen LogP contribution in [0.3, 0.4) is 0 Å². The summed E-state index contributed by atoms with van der Waals surface area (Å²) in [7, 11) is 1.59. The molecule has 0 radical (unpaired) electrons. The second kappa shape index (κ2) is 11.1. The standard InChI is InChI=1S/C22H23N3O4/c1-3-29-22(27)18-8-4-16(5-9-18)13-24-15-19(12-23)21(26)25-14-17-6-10-20(28-2)11-7-17/h4-11,15,24H,3,13-14H2,1-2H3,(H,25,26)/b19-15-. The molecule has 2 N–H and O–H groups in total. The number of hydrogen-bond acceptors (Lipinski definition) is 6. The van der Waals surface area contributed by atoms with Gasteiger partial charge in [0.25, 0.3) is 5.91 Å². The number of hydrogen-bond donors (Lipinski definition) is 2. The summed E-state index contributed by atoms with van der Waals surface area (Å²) in [6.45, 7) is 2.78. The van der Waals surface area contributed by atoms with E-state index in [0.29, 0.717) is 25.3 Å². The third kappa shape index (κ3) is 6.70. The van der Waals surface area contributed by atoms with Crippen molar-refractivity contribution in [1.29, 1.82) is 5.26 Å². The number of amides is 1. The number of ether oxygens (including phenoxy) is 2. The summed E-state index contributed by atoms with van der Waals surface area (Å²) in [5, 5.41) is 14.9. The van der Waals surface area contributed by atoms with E-state index in [1.165, 1.54) is 6.20 Å². The van der Waals surface area contributed by atoms with Gasteiger partial charge >= 0.3 is 5.97 Å². The molecule has 0 aromatic heterocycles. The molecular formula is C22H23N3O4. The summed E-state index contributed by atoms with van der Waals surface area (Å²) >= 11 is 0. The fraction of sp³-hybridized carbons (Fsp3) is 0.227. The maximum Gasteiger partial charge on any atom is 0.338 e. The normalized spacial score (nSPS) is 10.6. The zero-order valence-electron chi connectivity index (χ0n) is 16.4. The molecule has 2 rings (SSSR count). The molecule has 0 heterocycles. The van der Waals surface area contributed by atoms with E-state index in [2.05, 4.69) is 10.6 Å². The van der Waals surface area contributed by atoms with Crippen molar-refractivity contribution in [2.45, 2.75) is 20.0 Å². The summed E-state index contributed by atoms with van der Waals surface area (Å²) in [5.74, 6) is -0.0992. The smallest absolute Gasteiger partial charge is 0.338 e. The lowest BCUT2D eigenvalue weighted by Crippen LogP contribution is -2.25. The van der Waals surface area contributed by atoms with Crippen molar-refractivity contribution in [3.63, 3.8) is 0 Å². The average molecular weight is 393 g/mol. The monoisotopic (exact) mass is 393 g/mol. The fourth-order valence-corrected chi connectivity index (χ4v) is 2.41. The molecule has 2 aromatic rings. The number of esters is 1. The third-order valence-electron chi connectivity index (χ3n) is 3.99. The molecule has 0 spiro atoms. The Kier molecular flexibility index (Phi) is 8.27. The number of rotatable bonds is 9. The van der Waals surface area contributed by atoms with E-state index in [0.717, 1.165) is 16.9 Å². The van der Waals surface area contributed by atoms with E-state index in [1.807, 2.05) is 18.2 Å². The second-order valence-electron chi connectivity index (χ2n) is 6.00. The highest BCUT2D eigenvalue weighted by Crippen LogP contribution is 2.11. The molecule has 29 heavy (non-hydrogen) atoms. The highest BCUT2D eigenvalue weighted by Gasteiger charge is 2.09. The van der Waals surface area contributed by atoms with Gasteiger partial charge in [0.15, 0.2) is 0 Å². The van der Waals surface area contributed by atoms with Crippen LogP contribution >= 0.6 is 0 Å². The quantitative estimate of drug-likeness (QED) is 0.386. The van der Waals surface area contributed by atoms with Gasteiger partial charge in [-0.25, -0.2) is 4.79 Å². The predicted octanol–water partition coefficient (Wildman–Crippen LogP) is 2.69. The lowest BCUT2D eigenvalue weighted by molar-refractivity contribution is -0.117. The Morgan fingerprint density at radius 3 is 2.24 bits per heavy atom. The Bertz CT molecular complexity index is 897. The van der Waals surface area contributed by atoms with Gasteiger partial charge in [-0.05, 0) is 42.3 Å². The Morgan fingerprint density at radius 1 is 1.03 bits per heavy atom. The molecule has 0 unspecified atom stereocenters. The predicted molar refractivity (Wildman–Crippen MR) is 108 cm³/mol. The Labute approximate surface area is 169 Å². The van der Waals surface area contributed by atoms with Crippen molar-refractivity contribution in [3.05, 3.63) is 77.0 Å². The van der Waals surface area contributed by atoms with E-state index in [9.17, 15) is 14.9 Å². The van der Waals surface area contributed by atoms with Crippen LogP contribution in [0.15, 0.2) is 60.3 Å². The highest BCUT2D eigenvalue weighted by molar-refractivity contribution is 5.97. The van der Waals surface area contributed by atoms with Gasteiger partial charge in [0.2, 0.25) is 0 Å². The lowest BCUT2D eigenvalue weighted by atomic mass is 10.1. The molecule has 1 amide bonds. The molecule has 0 saturated heterocycles. The van der Waals surface area contributed by atoms with Gasteiger partial charge in [0.05, 0.1) is 19.3 Å². The van der Waals surface area contributed by atoms with Crippen LogP contribution in [0.2, 0.25) is 0 Å². The van der Waals surface area contributed by atoms with E-state index >= 15 is 0 Å². The van der Waals surface area contributed by atoms with Crippen molar-refractivity contribution in [3.8, 4) is 11.8 Å². The number of carbonyl (C=O) groups excluding carboxylic acids is 2. The van der Waals surface area contributed by atoms with Crippen LogP contribution in [0.25, 0.3) is 0 Å². The summed E-state index contributed by atoms with van der Waals surface area (Å²) in [6.07, 6.45) is 1.38. The molecule has 7 heteroatoms. The van der Waals surface area contributed by atoms with Crippen LogP contribution in [0.5, 0.6) is 5.75 Å². The van der Waals surface area contributed by atoms with Crippen LogP contribution < -0.4 is 15.4 Å². The minimum Gasteiger partial charge on any atom is -0.497 e. The third-order valence-corrected chi connectivity index (χ3v) is 3.99. The van der Waals surface area contributed by atoms with Gasteiger partial charge < -0.3 is 20.1 Å². The summed E-state index contributed by atoms with van der Waals surface area (Å²) in [5.41, 5.74) is 2.24. The van der Waals surface area contributed by atoms with Crippen molar-refractivity contribution in [2.24, 2.45) is 0 Å². The van der Waals surface area contributed by atoms with Crippen LogP contribution in [-0.2, 0) is 22.6 Å². The lowest BCUT2D eigenvalue weighted by Gasteiger charge is -2.07. The van der Waals surface area contributed by atoms with Crippen molar-refractivity contribution in [2.75, 3.05) is 13.7 Å². The van der Waals surface area contributed by atoms with Gasteiger partial charge in [-0.3, -0.25) is 4.79 Å². The van der Waals surface area contributed by atoms with Crippen molar-refractivity contribution < 1.29 is 19.1 Å². The first-order chi connectivity index (χ1) is 14.1. The van der Waals surface area contributed by atoms with Crippen LogP contribution in [0.1, 0.15) is 28.4 Å². The number of nitrogens with one attached hydrogen (secondary N) is 2. The Hall–Kier alpha value is -3.79. The van der Waals surface area contributed by atoms with Crippen molar-refractivity contribution >= 4 is 11.9 Å². The topological polar surface area (TPSA) is 100 Å². The van der Waals surface area contributed by atoms with Crippen LogP contribution in [0.4, 0.5) is 0 Å². The van der Waals surface area contributed by atoms with Gasteiger partial charge in [0.1, 0.15) is 17.4 Å². The average Bonchev–Trinajstić information content (AvgIpc) is 2.76. The van der Waals surface area contributed by atoms with Gasteiger partial charge in [0, 0.05) is 19.3 Å². The Balaban J connectivity index is 1.86. The molecule has 0 aliphatic heterocycles. The minimum atomic E-state index is -0.464. The van der Waals surface area contributed by atoms with Gasteiger partial charge in [-0.1, -0.05) is 24.3 Å². The fourth-order valence-electron chi connectivity index (χ4n) is 2.41. The van der Waals surface area contributed by atoms with Gasteiger partial charge in [-0.2, -0.15) is 5.26 Å². The molecule has 0 saturated carbocycles. The van der Waals surface area contributed by atoms with E-state index in [-0.39, 0.29) is 11.5 Å². The second-order valence-corrected chi connectivity index (χ2v) is 6.00. The maximum atomic E-state index is 12.2. The first kappa shape index (κ1) is 21.5. The van der Waals surface area contributed by atoms with Crippen molar-refractivity contribution in [1.82, 2.24) is 10.6 Å². The number of carbonyl (C=O) groups is 2. The van der Waals surface area contributed by atoms with Crippen LogP contribution in [-0.4, -0.2) is 25.6 Å². The summed E-state index contributed by atoms with van der Waals surface area (Å²) in [4.78, 5) is 23.8. The molecule has 0 aliphatic carbocycles. The number of benzene rings is 2. The number of nitrogens with zero attached hydrogens (tertiary/aromatic N) is 1. The summed E-state index contributed by atoms with van der Waals surface area (Å²) in [6, 6.07) is 16.1. The Morgan fingerprint density at radius 2 is 1.66 bits per heavy atom. The molecule has 0 atom stereocenters. The van der Waals surface area contributed by atoms with E-state index < -0.39 is 5.91 Å². The highest BCUT2D eigenvalue weighted by atomic mass is 16.5. The zero-order chi connectivity index (χ0) is 21.1. The molecule has 0 fully saturated rings. The molecule has 0 bridgehead atoms. The number of nitriles is 1. The maximum absolute atomic E-state index is 12.2. The largest absolute Gasteiger partial charge is 0.497 e. The van der Waals surface area contributed by atoms with E-state index in [1.54, 1.807) is 50.4 Å². The molecule has 2 aromatic carbocycles. The first-order valence-electron chi connectivity index (χ1n) is 9.08. The zero-order valence-corrected chi connectivity index (χ0v) is 16.4. The minimum absolute atomic E-state index is 0.0262. The molecule has 150 valence electrons. The van der Waals surface area contributed by atoms with E-state index in [4.69, 9.17) is 9.47 Å². The molecular weight excluding hydrogens is 370 g/mol. The molecule has 7 nitrogen and oxygen atoms in total. The van der Waals surface area contributed by atoms with Gasteiger partial charge in [-0.15, -0.1) is 0 Å². The number of methoxy groups -OCH3 is 1. The first-order valence-corrected chi connectivity index (χ1v) is 9.08. The molecule has 0 aliphatic rings.